The average molecular weight is 327 g/mol. The van der Waals surface area contributed by atoms with Crippen LogP contribution in [0.5, 0.6) is 0 Å². The SMILES string of the molecule is Clc1ccc(C2=NN(CC3CCCO3)Cc3ccccc32)cc1. The Morgan fingerprint density at radius 3 is 2.74 bits per heavy atom. The van der Waals surface area contributed by atoms with Crippen LogP contribution < -0.4 is 0 Å². The van der Waals surface area contributed by atoms with Gasteiger partial charge in [-0.15, -0.1) is 0 Å². The molecule has 2 aliphatic rings. The fraction of sp³-hybridized carbons (Fsp3) is 0.316. The molecule has 4 heteroatoms. The fourth-order valence-corrected chi connectivity index (χ4v) is 3.39. The van der Waals surface area contributed by atoms with E-state index in [1.165, 1.54) is 11.1 Å². The highest BCUT2D eigenvalue weighted by molar-refractivity contribution is 6.30. The molecule has 2 aromatic carbocycles. The van der Waals surface area contributed by atoms with E-state index < -0.39 is 0 Å². The number of nitrogens with zero attached hydrogens (tertiary/aromatic N) is 2. The molecule has 2 aliphatic heterocycles. The monoisotopic (exact) mass is 326 g/mol. The molecule has 0 amide bonds. The maximum Gasteiger partial charge on any atom is 0.0979 e. The van der Waals surface area contributed by atoms with Gasteiger partial charge in [0.1, 0.15) is 0 Å². The first-order chi connectivity index (χ1) is 11.3. The van der Waals surface area contributed by atoms with Crippen LogP contribution >= 0.6 is 11.6 Å². The molecular weight excluding hydrogens is 308 g/mol. The second-order valence-corrected chi connectivity index (χ2v) is 6.53. The average Bonchev–Trinajstić information content (AvgIpc) is 3.08. The van der Waals surface area contributed by atoms with Gasteiger partial charge in [-0.3, -0.25) is 5.01 Å². The van der Waals surface area contributed by atoms with Gasteiger partial charge in [0.25, 0.3) is 0 Å². The van der Waals surface area contributed by atoms with Gasteiger partial charge < -0.3 is 4.74 Å². The summed E-state index contributed by atoms with van der Waals surface area (Å²) in [4.78, 5) is 0. The minimum atomic E-state index is 0.301. The smallest absolute Gasteiger partial charge is 0.0979 e. The summed E-state index contributed by atoms with van der Waals surface area (Å²) in [6.45, 7) is 2.57. The lowest BCUT2D eigenvalue weighted by Gasteiger charge is -2.29. The van der Waals surface area contributed by atoms with Crippen LogP contribution in [0.1, 0.15) is 29.5 Å². The van der Waals surface area contributed by atoms with E-state index in [4.69, 9.17) is 21.4 Å². The highest BCUT2D eigenvalue weighted by Gasteiger charge is 2.24. The van der Waals surface area contributed by atoms with Crippen molar-refractivity contribution >= 4 is 17.3 Å². The van der Waals surface area contributed by atoms with Crippen molar-refractivity contribution in [2.24, 2.45) is 5.10 Å². The molecule has 2 heterocycles. The molecule has 1 unspecified atom stereocenters. The van der Waals surface area contributed by atoms with Crippen molar-refractivity contribution in [3.8, 4) is 0 Å². The van der Waals surface area contributed by atoms with E-state index in [0.717, 1.165) is 48.8 Å². The molecule has 1 fully saturated rings. The molecule has 0 saturated carbocycles. The summed E-state index contributed by atoms with van der Waals surface area (Å²) in [5, 5.41) is 7.80. The van der Waals surface area contributed by atoms with Gasteiger partial charge in [-0.05, 0) is 30.5 Å². The zero-order valence-electron chi connectivity index (χ0n) is 12.9. The van der Waals surface area contributed by atoms with E-state index in [-0.39, 0.29) is 0 Å². The third-order valence-corrected chi connectivity index (χ3v) is 4.67. The Balaban J connectivity index is 1.69. The summed E-state index contributed by atoms with van der Waals surface area (Å²) in [6, 6.07) is 16.4. The van der Waals surface area contributed by atoms with Crippen LogP contribution in [0.15, 0.2) is 53.6 Å². The number of rotatable bonds is 3. The Bertz CT molecular complexity index is 720. The number of hydrogen-bond acceptors (Lipinski definition) is 3. The second kappa shape index (κ2) is 6.34. The van der Waals surface area contributed by atoms with E-state index >= 15 is 0 Å². The molecule has 1 atom stereocenters. The lowest BCUT2D eigenvalue weighted by Crippen LogP contribution is -2.32. The summed E-state index contributed by atoms with van der Waals surface area (Å²) in [5.41, 5.74) is 4.63. The maximum atomic E-state index is 6.03. The van der Waals surface area contributed by atoms with Crippen LogP contribution in [0.2, 0.25) is 5.02 Å². The number of hydrogen-bond donors (Lipinski definition) is 0. The molecule has 2 aromatic rings. The van der Waals surface area contributed by atoms with E-state index in [0.29, 0.717) is 6.10 Å². The van der Waals surface area contributed by atoms with Gasteiger partial charge in [0, 0.05) is 22.8 Å². The first-order valence-corrected chi connectivity index (χ1v) is 8.47. The Kier molecular flexibility index (Phi) is 4.06. The van der Waals surface area contributed by atoms with Crippen LogP contribution in [0.4, 0.5) is 0 Å². The van der Waals surface area contributed by atoms with Gasteiger partial charge in [-0.25, -0.2) is 0 Å². The van der Waals surface area contributed by atoms with Gasteiger partial charge in [0.05, 0.1) is 24.9 Å². The standard InChI is InChI=1S/C19H19ClN2O/c20-16-9-7-14(8-10-16)19-18-6-2-1-4-15(18)12-22(21-19)13-17-5-3-11-23-17/h1-2,4,6-10,17H,3,5,11-13H2. The Morgan fingerprint density at radius 1 is 1.13 bits per heavy atom. The molecule has 3 nitrogen and oxygen atoms in total. The summed E-state index contributed by atoms with van der Waals surface area (Å²) in [7, 11) is 0. The van der Waals surface area contributed by atoms with Crippen molar-refractivity contribution in [1.29, 1.82) is 0 Å². The molecule has 0 radical (unpaired) electrons. The summed E-state index contributed by atoms with van der Waals surface area (Å²) < 4.78 is 5.77. The zero-order valence-corrected chi connectivity index (χ0v) is 13.7. The van der Waals surface area contributed by atoms with Crippen molar-refractivity contribution in [2.75, 3.05) is 13.2 Å². The summed E-state index contributed by atoms with van der Waals surface area (Å²) >= 11 is 6.03. The lowest BCUT2D eigenvalue weighted by molar-refractivity contribution is 0.0711. The first kappa shape index (κ1) is 14.7. The Labute approximate surface area is 141 Å². The van der Waals surface area contributed by atoms with Gasteiger partial charge in [0.15, 0.2) is 0 Å². The Morgan fingerprint density at radius 2 is 1.96 bits per heavy atom. The summed E-state index contributed by atoms with van der Waals surface area (Å²) in [5.74, 6) is 0. The van der Waals surface area contributed by atoms with E-state index in [1.54, 1.807) is 0 Å². The molecule has 4 rings (SSSR count). The largest absolute Gasteiger partial charge is 0.376 e. The topological polar surface area (TPSA) is 24.8 Å². The van der Waals surface area contributed by atoms with E-state index in [2.05, 4.69) is 29.3 Å². The quantitative estimate of drug-likeness (QED) is 0.848. The normalized spacial score (nSPS) is 20.3. The third kappa shape index (κ3) is 3.12. The maximum absolute atomic E-state index is 6.03. The molecule has 1 saturated heterocycles. The Hall–Kier alpha value is -1.84. The number of hydrazone groups is 1. The van der Waals surface area contributed by atoms with Crippen LogP contribution in [0.25, 0.3) is 0 Å². The highest BCUT2D eigenvalue weighted by atomic mass is 35.5. The predicted octanol–water partition coefficient (Wildman–Crippen LogP) is 4.09. The first-order valence-electron chi connectivity index (χ1n) is 8.09. The van der Waals surface area contributed by atoms with Crippen LogP contribution in [-0.2, 0) is 11.3 Å². The van der Waals surface area contributed by atoms with Crippen molar-refractivity contribution in [3.05, 3.63) is 70.2 Å². The minimum absolute atomic E-state index is 0.301. The molecule has 23 heavy (non-hydrogen) atoms. The van der Waals surface area contributed by atoms with Crippen LogP contribution in [0.3, 0.4) is 0 Å². The van der Waals surface area contributed by atoms with Crippen molar-refractivity contribution in [2.45, 2.75) is 25.5 Å². The molecule has 118 valence electrons. The van der Waals surface area contributed by atoms with Gasteiger partial charge in [-0.1, -0.05) is 48.0 Å². The van der Waals surface area contributed by atoms with E-state index in [9.17, 15) is 0 Å². The third-order valence-electron chi connectivity index (χ3n) is 4.42. The molecule has 0 aliphatic carbocycles. The molecule has 0 bridgehead atoms. The number of ether oxygens (including phenoxy) is 1. The van der Waals surface area contributed by atoms with Crippen molar-refractivity contribution in [1.82, 2.24) is 5.01 Å². The minimum Gasteiger partial charge on any atom is -0.376 e. The molecule has 0 spiro atoms. The van der Waals surface area contributed by atoms with Crippen molar-refractivity contribution in [3.63, 3.8) is 0 Å². The van der Waals surface area contributed by atoms with Crippen LogP contribution in [-0.4, -0.2) is 30.0 Å². The molecular formula is C19H19ClN2O. The van der Waals surface area contributed by atoms with Crippen LogP contribution in [0, 0.1) is 0 Å². The molecule has 0 aromatic heterocycles. The number of benzene rings is 2. The van der Waals surface area contributed by atoms with Gasteiger partial charge in [-0.2, -0.15) is 5.10 Å². The molecule has 0 N–H and O–H groups in total. The predicted molar refractivity (Wildman–Crippen MR) is 92.9 cm³/mol. The van der Waals surface area contributed by atoms with Crippen molar-refractivity contribution < 1.29 is 4.74 Å². The zero-order chi connectivity index (χ0) is 15.6. The van der Waals surface area contributed by atoms with E-state index in [1.807, 2.05) is 24.3 Å². The van der Waals surface area contributed by atoms with Gasteiger partial charge in [0.2, 0.25) is 0 Å². The van der Waals surface area contributed by atoms with Gasteiger partial charge >= 0.3 is 0 Å². The fourth-order valence-electron chi connectivity index (χ4n) is 3.27. The number of halogens is 1. The highest BCUT2D eigenvalue weighted by Crippen LogP contribution is 2.25. The summed E-state index contributed by atoms with van der Waals surface area (Å²) in [6.07, 6.45) is 2.59. The lowest BCUT2D eigenvalue weighted by atomic mass is 9.96. The second-order valence-electron chi connectivity index (χ2n) is 6.09. The number of fused-ring (bicyclic) bond motifs is 1.